The van der Waals surface area contributed by atoms with Gasteiger partial charge in [0.25, 0.3) is 0 Å². The van der Waals surface area contributed by atoms with Gasteiger partial charge in [-0.05, 0) is 56.6 Å². The van der Waals surface area contributed by atoms with Crippen LogP contribution in [0.15, 0.2) is 34.2 Å². The molecule has 1 saturated heterocycles. The van der Waals surface area contributed by atoms with Gasteiger partial charge in [0, 0.05) is 0 Å². The van der Waals surface area contributed by atoms with Crippen molar-refractivity contribution < 1.29 is 28.3 Å². The summed E-state index contributed by atoms with van der Waals surface area (Å²) in [5, 5.41) is 5.58. The summed E-state index contributed by atoms with van der Waals surface area (Å²) in [5.41, 5.74) is 2.11. The fourth-order valence-electron chi connectivity index (χ4n) is 4.95. The van der Waals surface area contributed by atoms with Gasteiger partial charge in [0.1, 0.15) is 29.7 Å². The number of Topliss-reactive ketones (excluding diaryl/α,β-unsaturated/α-hetero) is 1. The Hall–Kier alpha value is -3.23. The number of esters is 1. The van der Waals surface area contributed by atoms with Gasteiger partial charge in [0.05, 0.1) is 18.5 Å². The Kier molecular flexibility index (Phi) is 12.8. The van der Waals surface area contributed by atoms with Crippen LogP contribution in [0.5, 0.6) is 0 Å². The van der Waals surface area contributed by atoms with Crippen LogP contribution in [-0.4, -0.2) is 46.7 Å². The standard InChI is InChI=1S/C31H47N3O6/c1-9-21(6)28-30(37)34-29(22(7)10-2)31(38)40-26(23(8)25(35)15-27(36)33-28)14-20(5)12-18(3)11-19(4)13-24-16-32-17-39-24/h13-14,16-18,21-23,26,28-29H,9-12,15H2,1-8H3,(H,33,36)(H,34,37). The van der Waals surface area contributed by atoms with Gasteiger partial charge in [-0.25, -0.2) is 9.78 Å². The Morgan fingerprint density at radius 2 is 1.62 bits per heavy atom. The lowest BCUT2D eigenvalue weighted by molar-refractivity contribution is -0.156. The summed E-state index contributed by atoms with van der Waals surface area (Å²) < 4.78 is 11.2. The summed E-state index contributed by atoms with van der Waals surface area (Å²) in [6.45, 7) is 15.4. The maximum Gasteiger partial charge on any atom is 0.329 e. The van der Waals surface area contributed by atoms with Crippen LogP contribution in [0.2, 0.25) is 0 Å². The van der Waals surface area contributed by atoms with Crippen LogP contribution >= 0.6 is 0 Å². The lowest BCUT2D eigenvalue weighted by Gasteiger charge is -2.31. The number of aromatic nitrogens is 1. The van der Waals surface area contributed by atoms with Gasteiger partial charge in [0.2, 0.25) is 11.8 Å². The van der Waals surface area contributed by atoms with E-state index >= 15 is 0 Å². The predicted molar refractivity (Wildman–Crippen MR) is 154 cm³/mol. The van der Waals surface area contributed by atoms with Gasteiger partial charge in [0.15, 0.2) is 6.39 Å². The predicted octanol–water partition coefficient (Wildman–Crippen LogP) is 5.02. The normalized spacial score (nSPS) is 26.1. The zero-order valence-corrected chi connectivity index (χ0v) is 25.3. The van der Waals surface area contributed by atoms with E-state index in [0.717, 1.165) is 24.0 Å². The van der Waals surface area contributed by atoms with Crippen molar-refractivity contribution in [3.8, 4) is 0 Å². The van der Waals surface area contributed by atoms with Crippen LogP contribution in [0.1, 0.15) is 93.3 Å². The highest BCUT2D eigenvalue weighted by Crippen LogP contribution is 2.24. The highest BCUT2D eigenvalue weighted by Gasteiger charge is 2.37. The molecule has 2 rings (SSSR count). The molecule has 0 saturated carbocycles. The lowest BCUT2D eigenvalue weighted by Crippen LogP contribution is -2.57. The molecule has 9 nitrogen and oxygen atoms in total. The van der Waals surface area contributed by atoms with Crippen molar-refractivity contribution in [3.05, 3.63) is 35.6 Å². The number of nitrogens with one attached hydrogen (secondary N) is 2. The average Bonchev–Trinajstić information content (AvgIpc) is 3.40. The van der Waals surface area contributed by atoms with E-state index in [-0.39, 0.29) is 30.0 Å². The maximum atomic E-state index is 13.5. The number of carbonyl (C=O) groups is 4. The van der Waals surface area contributed by atoms with Crippen LogP contribution in [-0.2, 0) is 23.9 Å². The molecule has 222 valence electrons. The number of rotatable bonds is 10. The van der Waals surface area contributed by atoms with Gasteiger partial charge in [-0.1, -0.05) is 65.5 Å². The van der Waals surface area contributed by atoms with Crippen molar-refractivity contribution in [1.29, 1.82) is 0 Å². The molecule has 1 fully saturated rings. The summed E-state index contributed by atoms with van der Waals surface area (Å²) >= 11 is 0. The highest BCUT2D eigenvalue weighted by atomic mass is 16.5. The first-order valence-electron chi connectivity index (χ1n) is 14.4. The molecule has 0 aliphatic carbocycles. The Labute approximate surface area is 238 Å². The SMILES string of the molecule is CCC(C)C1NC(=O)CC(=O)C(C)C(C=C(C)CC(C)CC(C)=Cc2cnco2)OC(=O)C(C(C)CC)NC1=O. The molecule has 2 amide bonds. The van der Waals surface area contributed by atoms with Crippen molar-refractivity contribution in [2.45, 2.75) is 106 Å². The fourth-order valence-corrected chi connectivity index (χ4v) is 4.95. The summed E-state index contributed by atoms with van der Waals surface area (Å²) in [6, 6.07) is -1.75. The molecule has 2 N–H and O–H groups in total. The lowest BCUT2D eigenvalue weighted by atomic mass is 9.90. The smallest absolute Gasteiger partial charge is 0.329 e. The average molecular weight is 558 g/mol. The third-order valence-corrected chi connectivity index (χ3v) is 7.79. The molecular weight excluding hydrogens is 510 g/mol. The van der Waals surface area contributed by atoms with Crippen LogP contribution in [0.4, 0.5) is 0 Å². The van der Waals surface area contributed by atoms with E-state index in [1.807, 2.05) is 53.7 Å². The number of hydrogen-bond acceptors (Lipinski definition) is 7. The number of cyclic esters (lactones) is 1. The van der Waals surface area contributed by atoms with E-state index in [4.69, 9.17) is 9.15 Å². The second-order valence-electron chi connectivity index (χ2n) is 11.6. The molecule has 1 aromatic heterocycles. The van der Waals surface area contributed by atoms with Crippen LogP contribution < -0.4 is 10.6 Å². The Morgan fingerprint density at radius 1 is 1.00 bits per heavy atom. The second-order valence-corrected chi connectivity index (χ2v) is 11.6. The van der Waals surface area contributed by atoms with Crippen LogP contribution in [0.3, 0.4) is 0 Å². The quantitative estimate of drug-likeness (QED) is 0.235. The van der Waals surface area contributed by atoms with Gasteiger partial charge < -0.3 is 19.8 Å². The molecular formula is C31H47N3O6. The number of carbonyl (C=O) groups excluding carboxylic acids is 4. The van der Waals surface area contributed by atoms with Crippen LogP contribution in [0, 0.1) is 23.7 Å². The largest absolute Gasteiger partial charge is 0.456 e. The first-order chi connectivity index (χ1) is 18.9. The molecule has 0 radical (unpaired) electrons. The molecule has 7 atom stereocenters. The summed E-state index contributed by atoms with van der Waals surface area (Å²) in [5.74, 6) is -2.02. The van der Waals surface area contributed by atoms with Gasteiger partial charge in [-0.3, -0.25) is 14.4 Å². The Morgan fingerprint density at radius 3 is 2.23 bits per heavy atom. The Balaban J connectivity index is 2.30. The minimum Gasteiger partial charge on any atom is -0.456 e. The van der Waals surface area contributed by atoms with E-state index in [0.29, 0.717) is 18.6 Å². The number of hydrogen-bond donors (Lipinski definition) is 2. The van der Waals surface area contributed by atoms with E-state index < -0.39 is 41.9 Å². The van der Waals surface area contributed by atoms with Crippen molar-refractivity contribution in [1.82, 2.24) is 15.6 Å². The zero-order valence-electron chi connectivity index (χ0n) is 25.3. The monoisotopic (exact) mass is 557 g/mol. The molecule has 7 unspecified atom stereocenters. The van der Waals surface area contributed by atoms with Crippen LogP contribution in [0.25, 0.3) is 6.08 Å². The molecule has 0 spiro atoms. The molecule has 1 aliphatic heterocycles. The fraction of sp³-hybridized carbons (Fsp3) is 0.645. The van der Waals surface area contributed by atoms with E-state index in [9.17, 15) is 19.2 Å². The minimum atomic E-state index is -0.901. The maximum absolute atomic E-state index is 13.5. The van der Waals surface area contributed by atoms with E-state index in [1.165, 1.54) is 6.39 Å². The summed E-state index contributed by atoms with van der Waals surface area (Å²) in [6.07, 6.45) is 8.39. The number of allylic oxidation sites excluding steroid dienone is 2. The number of nitrogens with zero attached hydrogens (tertiary/aromatic N) is 1. The van der Waals surface area contributed by atoms with Crippen molar-refractivity contribution >= 4 is 29.6 Å². The van der Waals surface area contributed by atoms with Gasteiger partial charge >= 0.3 is 5.97 Å². The second kappa shape index (κ2) is 15.5. The van der Waals surface area contributed by atoms with Crippen molar-refractivity contribution in [2.24, 2.45) is 23.7 Å². The van der Waals surface area contributed by atoms with E-state index in [1.54, 1.807) is 13.1 Å². The third kappa shape index (κ3) is 9.75. The molecule has 40 heavy (non-hydrogen) atoms. The Bertz CT molecular complexity index is 1080. The molecule has 0 bridgehead atoms. The van der Waals surface area contributed by atoms with Gasteiger partial charge in [-0.2, -0.15) is 0 Å². The topological polar surface area (TPSA) is 128 Å². The zero-order chi connectivity index (χ0) is 30.0. The molecule has 9 heteroatoms. The third-order valence-electron chi connectivity index (χ3n) is 7.79. The number of amides is 2. The van der Waals surface area contributed by atoms with Gasteiger partial charge in [-0.15, -0.1) is 0 Å². The summed E-state index contributed by atoms with van der Waals surface area (Å²) in [7, 11) is 0. The highest BCUT2D eigenvalue weighted by molar-refractivity contribution is 6.01. The first kappa shape index (κ1) is 33.0. The molecule has 0 aromatic carbocycles. The van der Waals surface area contributed by atoms with E-state index in [2.05, 4.69) is 22.5 Å². The number of oxazole rings is 1. The summed E-state index contributed by atoms with van der Waals surface area (Å²) in [4.78, 5) is 56.6. The first-order valence-corrected chi connectivity index (χ1v) is 14.4. The van der Waals surface area contributed by atoms with Crippen molar-refractivity contribution in [2.75, 3.05) is 0 Å². The molecule has 1 aliphatic rings. The minimum absolute atomic E-state index is 0.178. The number of ketones is 1. The van der Waals surface area contributed by atoms with Crippen molar-refractivity contribution in [3.63, 3.8) is 0 Å². The number of ether oxygens (including phenoxy) is 1. The molecule has 2 heterocycles. The molecule has 1 aromatic rings.